The smallest absolute Gasteiger partial charge is 0.328 e. The second kappa shape index (κ2) is 21.9. The summed E-state index contributed by atoms with van der Waals surface area (Å²) in [6.07, 6.45) is 10.2. The number of nitrogens with zero attached hydrogens (tertiary/aromatic N) is 2. The van der Waals surface area contributed by atoms with Crippen LogP contribution in [0.15, 0.2) is 48.6 Å². The predicted octanol–water partition coefficient (Wildman–Crippen LogP) is 2.45. The summed E-state index contributed by atoms with van der Waals surface area (Å²) in [5.41, 5.74) is 0.922. The van der Waals surface area contributed by atoms with E-state index in [4.69, 9.17) is 29.9 Å². The number of likely N-dealkylation sites (N-methyl/N-ethyl adjacent to an activating group) is 1. The Bertz CT molecular complexity index is 1160. The first-order valence-electron chi connectivity index (χ1n) is 14.8. The molecule has 0 atom stereocenters. The van der Waals surface area contributed by atoms with Gasteiger partial charge < -0.3 is 40.1 Å². The number of piperazine rings is 1. The van der Waals surface area contributed by atoms with Crippen molar-refractivity contribution >= 4 is 35.9 Å². The number of nitrogens with one attached hydrogen (secondary N) is 1. The molecular weight excluding hydrogens is 602 g/mol. The van der Waals surface area contributed by atoms with Gasteiger partial charge >= 0.3 is 23.9 Å². The van der Waals surface area contributed by atoms with Crippen molar-refractivity contribution in [3.05, 3.63) is 54.1 Å². The number of rotatable bonds is 12. The third kappa shape index (κ3) is 18.9. The molecule has 1 aliphatic heterocycles. The Morgan fingerprint density at radius 1 is 0.804 bits per heavy atom. The van der Waals surface area contributed by atoms with Crippen LogP contribution in [-0.2, 0) is 24.0 Å². The molecule has 5 N–H and O–H groups in total. The Hall–Kier alpha value is -4.69. The standard InChI is InChI=1S/C24H37N3O3.2C4H4O4/c1-19-4-8-21(9-5-19)25-24(28)11-7-20-6-10-22(23(18-20)29-3)30-17-16-27-14-12-26(2)13-15-27;2*5-3(6)1-2-4(7)8/h6-7,10-11,18-19,21H,4-5,8-9,12-17H2,1-3H3,(H,25,28);2*1-2H,(H,5,6)(H,7,8)/b11-7+;2*2-1+/t19-,21-;;. The van der Waals surface area contributed by atoms with Crippen molar-refractivity contribution < 1.29 is 53.9 Å². The summed E-state index contributed by atoms with van der Waals surface area (Å²) in [7, 11) is 3.81. The normalized spacial score (nSPS) is 18.6. The molecule has 14 nitrogen and oxygen atoms in total. The van der Waals surface area contributed by atoms with E-state index in [-0.39, 0.29) is 5.91 Å². The summed E-state index contributed by atoms with van der Waals surface area (Å²) in [4.78, 5) is 55.2. The SMILES string of the molecule is COc1cc(/C=C/C(=O)N[C@H]2CC[C@H](C)CC2)ccc1OCCN1CCN(C)CC1.O=C(O)/C=C/C(=O)O.O=C(O)/C=C/C(=O)O. The fourth-order valence-electron chi connectivity index (χ4n) is 4.37. The zero-order chi connectivity index (χ0) is 34.5. The quantitative estimate of drug-likeness (QED) is 0.207. The van der Waals surface area contributed by atoms with Crippen LogP contribution < -0.4 is 14.8 Å². The molecule has 1 aliphatic carbocycles. The van der Waals surface area contributed by atoms with Crippen molar-refractivity contribution in [2.24, 2.45) is 5.92 Å². The van der Waals surface area contributed by atoms with E-state index in [1.165, 1.54) is 12.8 Å². The number of aliphatic carboxylic acids is 4. The number of carboxylic acid groups (broad SMARTS) is 4. The van der Waals surface area contributed by atoms with Crippen molar-refractivity contribution in [2.75, 3.05) is 53.5 Å². The Morgan fingerprint density at radius 2 is 1.33 bits per heavy atom. The molecule has 0 bridgehead atoms. The van der Waals surface area contributed by atoms with Crippen LogP contribution >= 0.6 is 0 Å². The maximum absolute atomic E-state index is 12.2. The van der Waals surface area contributed by atoms with Crippen LogP contribution in [0.5, 0.6) is 11.5 Å². The largest absolute Gasteiger partial charge is 0.493 e. The number of hydrogen-bond acceptors (Lipinski definition) is 9. The van der Waals surface area contributed by atoms with Gasteiger partial charge in [-0.05, 0) is 62.4 Å². The van der Waals surface area contributed by atoms with E-state index < -0.39 is 23.9 Å². The number of carbonyl (C=O) groups excluding carboxylic acids is 1. The van der Waals surface area contributed by atoms with Crippen LogP contribution in [0.1, 0.15) is 38.2 Å². The summed E-state index contributed by atoms with van der Waals surface area (Å²) < 4.78 is 11.5. The fraction of sp³-hybridized carbons (Fsp3) is 0.469. The topological polar surface area (TPSA) is 203 Å². The molecule has 1 saturated heterocycles. The van der Waals surface area contributed by atoms with E-state index in [0.29, 0.717) is 42.7 Å². The van der Waals surface area contributed by atoms with Crippen LogP contribution in [-0.4, -0.2) is 120 Å². The molecule has 1 saturated carbocycles. The molecule has 1 aromatic rings. The van der Waals surface area contributed by atoms with Gasteiger partial charge in [-0.3, -0.25) is 9.69 Å². The molecule has 2 fully saturated rings. The van der Waals surface area contributed by atoms with Gasteiger partial charge in [0.25, 0.3) is 0 Å². The van der Waals surface area contributed by atoms with Crippen molar-refractivity contribution in [1.82, 2.24) is 15.1 Å². The van der Waals surface area contributed by atoms with Gasteiger partial charge in [-0.15, -0.1) is 0 Å². The van der Waals surface area contributed by atoms with Crippen LogP contribution in [0.25, 0.3) is 6.08 Å². The summed E-state index contributed by atoms with van der Waals surface area (Å²) in [6.45, 7) is 8.22. The molecule has 1 heterocycles. The van der Waals surface area contributed by atoms with E-state index in [9.17, 15) is 24.0 Å². The molecule has 0 spiro atoms. The first kappa shape index (κ1) is 39.3. The molecule has 3 rings (SSSR count). The van der Waals surface area contributed by atoms with Crippen LogP contribution in [0.3, 0.4) is 0 Å². The highest BCUT2D eigenvalue weighted by Crippen LogP contribution is 2.28. The Kier molecular flexibility index (Phi) is 18.7. The molecule has 1 aromatic carbocycles. The maximum Gasteiger partial charge on any atom is 0.328 e. The van der Waals surface area contributed by atoms with Gasteiger partial charge in [0.15, 0.2) is 11.5 Å². The van der Waals surface area contributed by atoms with E-state index in [1.807, 2.05) is 24.3 Å². The van der Waals surface area contributed by atoms with Gasteiger partial charge in [-0.25, -0.2) is 19.2 Å². The van der Waals surface area contributed by atoms with Gasteiger partial charge in [-0.2, -0.15) is 0 Å². The number of hydrogen-bond donors (Lipinski definition) is 5. The number of amides is 1. The monoisotopic (exact) mass is 647 g/mol. The minimum Gasteiger partial charge on any atom is -0.493 e. The first-order valence-corrected chi connectivity index (χ1v) is 14.8. The number of benzene rings is 1. The van der Waals surface area contributed by atoms with Crippen LogP contribution in [0.2, 0.25) is 0 Å². The highest BCUT2D eigenvalue weighted by atomic mass is 16.5. The molecule has 254 valence electrons. The molecule has 0 unspecified atom stereocenters. The second-order valence-corrected chi connectivity index (χ2v) is 10.7. The molecule has 1 amide bonds. The minimum atomic E-state index is -1.26. The van der Waals surface area contributed by atoms with E-state index in [0.717, 1.165) is 62.8 Å². The lowest BCUT2D eigenvalue weighted by atomic mass is 9.87. The van der Waals surface area contributed by atoms with Crippen LogP contribution in [0, 0.1) is 5.92 Å². The average Bonchev–Trinajstić information content (AvgIpc) is 3.01. The van der Waals surface area contributed by atoms with Gasteiger partial charge in [0.05, 0.1) is 7.11 Å². The summed E-state index contributed by atoms with van der Waals surface area (Å²) in [5.74, 6) is -2.84. The molecule has 0 aromatic heterocycles. The zero-order valence-corrected chi connectivity index (χ0v) is 26.5. The molecular formula is C32H45N3O11. The highest BCUT2D eigenvalue weighted by molar-refractivity contribution is 5.92. The van der Waals surface area contributed by atoms with Crippen LogP contribution in [0.4, 0.5) is 0 Å². The highest BCUT2D eigenvalue weighted by Gasteiger charge is 2.19. The zero-order valence-electron chi connectivity index (χ0n) is 26.5. The van der Waals surface area contributed by atoms with Gasteiger partial charge in [0.1, 0.15) is 6.61 Å². The third-order valence-corrected chi connectivity index (χ3v) is 6.98. The lowest BCUT2D eigenvalue weighted by Crippen LogP contribution is -2.45. The van der Waals surface area contributed by atoms with Gasteiger partial charge in [0, 0.05) is 69.1 Å². The van der Waals surface area contributed by atoms with Gasteiger partial charge in [0.2, 0.25) is 5.91 Å². The van der Waals surface area contributed by atoms with Crippen molar-refractivity contribution in [3.8, 4) is 11.5 Å². The van der Waals surface area contributed by atoms with Crippen molar-refractivity contribution in [2.45, 2.75) is 38.6 Å². The maximum atomic E-state index is 12.2. The lowest BCUT2D eigenvalue weighted by molar-refractivity contribution is -0.134. The van der Waals surface area contributed by atoms with Crippen molar-refractivity contribution in [3.63, 3.8) is 0 Å². The summed E-state index contributed by atoms with van der Waals surface area (Å²) in [5, 5.41) is 34.4. The predicted molar refractivity (Wildman–Crippen MR) is 170 cm³/mol. The number of carboxylic acids is 4. The van der Waals surface area contributed by atoms with Gasteiger partial charge in [-0.1, -0.05) is 13.0 Å². The molecule has 46 heavy (non-hydrogen) atoms. The first-order chi connectivity index (χ1) is 21.8. The Balaban J connectivity index is 0.000000545. The Labute approximate surface area is 268 Å². The lowest BCUT2D eigenvalue weighted by Gasteiger charge is -2.32. The number of carbonyl (C=O) groups is 5. The fourth-order valence-corrected chi connectivity index (χ4v) is 4.37. The summed E-state index contributed by atoms with van der Waals surface area (Å²) >= 11 is 0. The number of ether oxygens (including phenoxy) is 2. The minimum absolute atomic E-state index is 0.0268. The second-order valence-electron chi connectivity index (χ2n) is 10.7. The molecule has 0 radical (unpaired) electrons. The van der Waals surface area contributed by atoms with Crippen molar-refractivity contribution in [1.29, 1.82) is 0 Å². The summed E-state index contributed by atoms with van der Waals surface area (Å²) in [6, 6.07) is 6.10. The molecule has 2 aliphatic rings. The number of methoxy groups -OCH3 is 1. The van der Waals surface area contributed by atoms with E-state index in [1.54, 1.807) is 13.2 Å². The average molecular weight is 648 g/mol. The van der Waals surface area contributed by atoms with E-state index in [2.05, 4.69) is 29.1 Å². The molecule has 14 heteroatoms. The van der Waals surface area contributed by atoms with E-state index >= 15 is 0 Å². The Morgan fingerprint density at radius 3 is 1.80 bits per heavy atom. The third-order valence-electron chi connectivity index (χ3n) is 6.98.